The topological polar surface area (TPSA) is 32.3 Å². The lowest BCUT2D eigenvalue weighted by atomic mass is 9.84. The fourth-order valence-corrected chi connectivity index (χ4v) is 3.48. The van der Waals surface area contributed by atoms with Gasteiger partial charge in [0, 0.05) is 13.1 Å². The smallest absolute Gasteiger partial charge is 0.236 e. The first-order chi connectivity index (χ1) is 9.15. The number of rotatable bonds is 4. The second-order valence-corrected chi connectivity index (χ2v) is 6.37. The van der Waals surface area contributed by atoms with Crippen molar-refractivity contribution in [2.24, 2.45) is 11.8 Å². The van der Waals surface area contributed by atoms with Gasteiger partial charge in [-0.05, 0) is 57.4 Å². The van der Waals surface area contributed by atoms with Gasteiger partial charge in [0.05, 0.1) is 6.54 Å². The molecule has 2 aliphatic rings. The highest BCUT2D eigenvalue weighted by atomic mass is 16.2. The average molecular weight is 264 g/mol. The van der Waals surface area contributed by atoms with Crippen LogP contribution >= 0.6 is 0 Å². The van der Waals surface area contributed by atoms with Crippen molar-refractivity contribution in [2.75, 3.05) is 26.2 Å². The van der Waals surface area contributed by atoms with Crippen LogP contribution in [0.25, 0.3) is 0 Å². The van der Waals surface area contributed by atoms with Crippen molar-refractivity contribution in [2.45, 2.75) is 46.0 Å². The van der Waals surface area contributed by atoms with Gasteiger partial charge in [0.25, 0.3) is 0 Å². The molecule has 1 aliphatic carbocycles. The Kier molecular flexibility index (Phi) is 5.44. The van der Waals surface area contributed by atoms with Crippen LogP contribution in [0.1, 0.15) is 46.0 Å². The maximum absolute atomic E-state index is 12.0. The number of carbonyl (C=O) groups excluding carboxylic acids is 1. The Morgan fingerprint density at radius 3 is 2.79 bits per heavy atom. The Labute approximate surface area is 117 Å². The molecule has 0 spiro atoms. The molecule has 0 radical (unpaired) electrons. The Bertz CT molecular complexity index is 332. The number of likely N-dealkylation sites (tertiary alicyclic amines) is 1. The van der Waals surface area contributed by atoms with Crippen molar-refractivity contribution in [3.63, 3.8) is 0 Å². The van der Waals surface area contributed by atoms with Crippen LogP contribution in [0, 0.1) is 11.8 Å². The standard InChI is InChI=1S/C16H28N2O/c1-13-8-14(2)10-15(9-13)11-17-12-16(19)18-6-4-3-5-7-18/h8,13,15,17H,3-7,9-12H2,1-2H3. The van der Waals surface area contributed by atoms with E-state index in [-0.39, 0.29) is 5.91 Å². The van der Waals surface area contributed by atoms with E-state index in [1.165, 1.54) is 37.7 Å². The molecule has 2 atom stereocenters. The summed E-state index contributed by atoms with van der Waals surface area (Å²) in [5.41, 5.74) is 1.51. The van der Waals surface area contributed by atoms with Crippen molar-refractivity contribution in [1.82, 2.24) is 10.2 Å². The second-order valence-electron chi connectivity index (χ2n) is 6.37. The molecule has 19 heavy (non-hydrogen) atoms. The molecular weight excluding hydrogens is 236 g/mol. The minimum absolute atomic E-state index is 0.288. The summed E-state index contributed by atoms with van der Waals surface area (Å²) in [4.78, 5) is 14.0. The van der Waals surface area contributed by atoms with Crippen LogP contribution in [-0.2, 0) is 4.79 Å². The molecule has 3 nitrogen and oxygen atoms in total. The van der Waals surface area contributed by atoms with Gasteiger partial charge in [-0.15, -0.1) is 0 Å². The maximum Gasteiger partial charge on any atom is 0.236 e. The van der Waals surface area contributed by atoms with E-state index in [2.05, 4.69) is 25.2 Å². The lowest BCUT2D eigenvalue weighted by Gasteiger charge is -2.28. The van der Waals surface area contributed by atoms with Crippen molar-refractivity contribution in [3.8, 4) is 0 Å². The number of carbonyl (C=O) groups is 1. The van der Waals surface area contributed by atoms with Gasteiger partial charge in [0.1, 0.15) is 0 Å². The molecule has 1 fully saturated rings. The monoisotopic (exact) mass is 264 g/mol. The van der Waals surface area contributed by atoms with E-state index in [1.54, 1.807) is 0 Å². The van der Waals surface area contributed by atoms with Crippen LogP contribution in [0.15, 0.2) is 11.6 Å². The van der Waals surface area contributed by atoms with Gasteiger partial charge in [-0.3, -0.25) is 4.79 Å². The third-order valence-electron chi connectivity index (χ3n) is 4.30. The summed E-state index contributed by atoms with van der Waals surface area (Å²) in [5, 5.41) is 3.37. The Morgan fingerprint density at radius 2 is 2.11 bits per heavy atom. The van der Waals surface area contributed by atoms with Crippen molar-refractivity contribution >= 4 is 5.91 Å². The Balaban J connectivity index is 1.66. The number of piperidine rings is 1. The SMILES string of the molecule is CC1=CC(C)CC(CNCC(=O)N2CCCCC2)C1. The quantitative estimate of drug-likeness (QED) is 0.792. The summed E-state index contributed by atoms with van der Waals surface area (Å²) >= 11 is 0. The number of nitrogens with zero attached hydrogens (tertiary/aromatic N) is 1. The second kappa shape index (κ2) is 7.09. The number of amides is 1. The van der Waals surface area contributed by atoms with Crippen LogP contribution in [0.4, 0.5) is 0 Å². The van der Waals surface area contributed by atoms with Gasteiger partial charge in [-0.2, -0.15) is 0 Å². The molecule has 1 aliphatic heterocycles. The Hall–Kier alpha value is -0.830. The van der Waals surface area contributed by atoms with Crippen LogP contribution in [0.5, 0.6) is 0 Å². The third-order valence-corrected chi connectivity index (χ3v) is 4.30. The minimum atomic E-state index is 0.288. The van der Waals surface area contributed by atoms with Crippen LogP contribution < -0.4 is 5.32 Å². The molecule has 1 saturated heterocycles. The number of allylic oxidation sites excluding steroid dienone is 2. The normalized spacial score (nSPS) is 28.1. The van der Waals surface area contributed by atoms with E-state index in [9.17, 15) is 4.79 Å². The van der Waals surface area contributed by atoms with Crippen LogP contribution in [0.2, 0.25) is 0 Å². The van der Waals surface area contributed by atoms with Crippen molar-refractivity contribution in [1.29, 1.82) is 0 Å². The fraction of sp³-hybridized carbons (Fsp3) is 0.812. The van der Waals surface area contributed by atoms with Crippen molar-refractivity contribution in [3.05, 3.63) is 11.6 Å². The molecule has 2 rings (SSSR count). The summed E-state index contributed by atoms with van der Waals surface area (Å²) in [7, 11) is 0. The van der Waals surface area contributed by atoms with E-state index in [0.29, 0.717) is 18.4 Å². The minimum Gasteiger partial charge on any atom is -0.342 e. The number of hydrogen-bond acceptors (Lipinski definition) is 2. The molecule has 0 aromatic carbocycles. The maximum atomic E-state index is 12.0. The van der Waals surface area contributed by atoms with Gasteiger partial charge < -0.3 is 10.2 Å². The molecule has 1 amide bonds. The van der Waals surface area contributed by atoms with E-state index >= 15 is 0 Å². The molecule has 1 heterocycles. The highest BCUT2D eigenvalue weighted by Gasteiger charge is 2.19. The van der Waals surface area contributed by atoms with Crippen LogP contribution in [-0.4, -0.2) is 37.0 Å². The number of hydrogen-bond donors (Lipinski definition) is 1. The van der Waals surface area contributed by atoms with Gasteiger partial charge in [0.2, 0.25) is 5.91 Å². The summed E-state index contributed by atoms with van der Waals surface area (Å²) < 4.78 is 0. The predicted molar refractivity (Wildman–Crippen MR) is 78.9 cm³/mol. The van der Waals surface area contributed by atoms with E-state index in [1.807, 2.05) is 4.90 Å². The molecule has 0 aromatic heterocycles. The Morgan fingerprint density at radius 1 is 1.37 bits per heavy atom. The third kappa shape index (κ3) is 4.64. The zero-order valence-electron chi connectivity index (χ0n) is 12.5. The number of nitrogens with one attached hydrogen (secondary N) is 1. The van der Waals surface area contributed by atoms with E-state index in [4.69, 9.17) is 0 Å². The highest BCUT2D eigenvalue weighted by Crippen LogP contribution is 2.27. The predicted octanol–water partition coefficient (Wildman–Crippen LogP) is 2.58. The molecule has 0 saturated carbocycles. The largest absolute Gasteiger partial charge is 0.342 e. The van der Waals surface area contributed by atoms with Gasteiger partial charge in [-0.1, -0.05) is 18.6 Å². The molecule has 0 aromatic rings. The first kappa shape index (κ1) is 14.6. The summed E-state index contributed by atoms with van der Waals surface area (Å²) in [6.07, 6.45) is 8.46. The highest BCUT2D eigenvalue weighted by molar-refractivity contribution is 5.78. The first-order valence-electron chi connectivity index (χ1n) is 7.81. The van der Waals surface area contributed by atoms with Gasteiger partial charge >= 0.3 is 0 Å². The summed E-state index contributed by atoms with van der Waals surface area (Å²) in [6.45, 7) is 7.93. The van der Waals surface area contributed by atoms with Gasteiger partial charge in [-0.25, -0.2) is 0 Å². The molecule has 0 bridgehead atoms. The molecule has 3 heteroatoms. The summed E-state index contributed by atoms with van der Waals surface area (Å²) in [5.74, 6) is 1.68. The lowest BCUT2D eigenvalue weighted by molar-refractivity contribution is -0.131. The molecule has 108 valence electrons. The molecule has 2 unspecified atom stereocenters. The van der Waals surface area contributed by atoms with Crippen molar-refractivity contribution < 1.29 is 4.79 Å². The van der Waals surface area contributed by atoms with Crippen LogP contribution in [0.3, 0.4) is 0 Å². The van der Waals surface area contributed by atoms with E-state index < -0.39 is 0 Å². The van der Waals surface area contributed by atoms with Gasteiger partial charge in [0.15, 0.2) is 0 Å². The lowest BCUT2D eigenvalue weighted by Crippen LogP contribution is -2.42. The fourth-order valence-electron chi connectivity index (χ4n) is 3.48. The molecule has 1 N–H and O–H groups in total. The zero-order valence-corrected chi connectivity index (χ0v) is 12.5. The van der Waals surface area contributed by atoms with E-state index in [0.717, 1.165) is 19.6 Å². The average Bonchev–Trinajstić information content (AvgIpc) is 2.38. The zero-order chi connectivity index (χ0) is 13.7. The summed E-state index contributed by atoms with van der Waals surface area (Å²) in [6, 6.07) is 0. The molecular formula is C16H28N2O. The first-order valence-corrected chi connectivity index (χ1v) is 7.81.